The quantitative estimate of drug-likeness (QED) is 0.721. The van der Waals surface area contributed by atoms with Crippen molar-refractivity contribution in [3.8, 4) is 11.5 Å². The van der Waals surface area contributed by atoms with Gasteiger partial charge in [0.25, 0.3) is 0 Å². The van der Waals surface area contributed by atoms with Crippen molar-refractivity contribution in [2.75, 3.05) is 13.7 Å². The molecule has 0 unspecified atom stereocenters. The number of benzene rings is 2. The van der Waals surface area contributed by atoms with E-state index >= 15 is 0 Å². The molecule has 0 aromatic heterocycles. The molecule has 4 nitrogen and oxygen atoms in total. The van der Waals surface area contributed by atoms with Crippen molar-refractivity contribution in [3.05, 3.63) is 65.5 Å². The van der Waals surface area contributed by atoms with Gasteiger partial charge in [0, 0.05) is 12.6 Å². The Bertz CT molecular complexity index is 772. The number of ether oxygens (including phenoxy) is 2. The molecule has 0 aliphatic rings. The Balaban J connectivity index is 1.95. The fourth-order valence-corrected chi connectivity index (χ4v) is 2.23. The zero-order chi connectivity index (χ0) is 18.9. The third kappa shape index (κ3) is 6.24. The maximum atomic E-state index is 13.1. The third-order valence-corrected chi connectivity index (χ3v) is 3.54. The fourth-order valence-electron chi connectivity index (χ4n) is 2.23. The number of rotatable bonds is 8. The zero-order valence-electron chi connectivity index (χ0n) is 15.3. The summed E-state index contributed by atoms with van der Waals surface area (Å²) in [5.41, 5.74) is 1.53. The summed E-state index contributed by atoms with van der Waals surface area (Å²) in [4.78, 5) is 11.9. The zero-order valence-corrected chi connectivity index (χ0v) is 15.3. The average molecular weight is 357 g/mol. The number of carbonyl (C=O) groups excluding carboxylic acids is 1. The van der Waals surface area contributed by atoms with Gasteiger partial charge in [0.2, 0.25) is 5.91 Å². The molecule has 1 N–H and O–H groups in total. The SMILES string of the molecule is COc1cc(/C=C/C(=O)NCc2cccc(F)c2)ccc1OCC(C)C. The molecule has 0 fully saturated rings. The van der Waals surface area contributed by atoms with Crippen molar-refractivity contribution in [3.63, 3.8) is 0 Å². The molecule has 2 rings (SSSR count). The van der Waals surface area contributed by atoms with Crippen LogP contribution in [0.3, 0.4) is 0 Å². The predicted molar refractivity (Wildman–Crippen MR) is 101 cm³/mol. The van der Waals surface area contributed by atoms with Crippen LogP contribution in [0.2, 0.25) is 0 Å². The molecule has 0 saturated carbocycles. The number of amides is 1. The van der Waals surface area contributed by atoms with Crippen molar-refractivity contribution in [1.29, 1.82) is 0 Å². The lowest BCUT2D eigenvalue weighted by atomic mass is 10.1. The molecule has 0 radical (unpaired) electrons. The number of carbonyl (C=O) groups is 1. The molecule has 138 valence electrons. The summed E-state index contributed by atoms with van der Waals surface area (Å²) in [5, 5.41) is 2.72. The first-order chi connectivity index (χ1) is 12.5. The first kappa shape index (κ1) is 19.5. The van der Waals surface area contributed by atoms with Crippen molar-refractivity contribution in [2.24, 2.45) is 5.92 Å². The summed E-state index contributed by atoms with van der Waals surface area (Å²) in [7, 11) is 1.58. The number of methoxy groups -OCH3 is 1. The Morgan fingerprint density at radius 1 is 1.19 bits per heavy atom. The van der Waals surface area contributed by atoms with Gasteiger partial charge in [0.1, 0.15) is 5.82 Å². The topological polar surface area (TPSA) is 47.6 Å². The third-order valence-electron chi connectivity index (χ3n) is 3.54. The molecule has 0 bridgehead atoms. The van der Waals surface area contributed by atoms with Crippen LogP contribution in [0, 0.1) is 11.7 Å². The number of hydrogen-bond donors (Lipinski definition) is 1. The summed E-state index contributed by atoms with van der Waals surface area (Å²) in [5.74, 6) is 1.13. The second kappa shape index (κ2) is 9.61. The van der Waals surface area contributed by atoms with Gasteiger partial charge < -0.3 is 14.8 Å². The Morgan fingerprint density at radius 2 is 2.00 bits per heavy atom. The van der Waals surface area contributed by atoms with Crippen LogP contribution in [0.15, 0.2) is 48.5 Å². The molecule has 0 aliphatic carbocycles. The van der Waals surface area contributed by atoms with Gasteiger partial charge in [-0.05, 0) is 47.4 Å². The Hall–Kier alpha value is -2.82. The van der Waals surface area contributed by atoms with Gasteiger partial charge in [-0.2, -0.15) is 0 Å². The first-order valence-corrected chi connectivity index (χ1v) is 8.49. The second-order valence-corrected chi connectivity index (χ2v) is 6.30. The predicted octanol–water partition coefficient (Wildman–Crippen LogP) is 4.20. The van der Waals surface area contributed by atoms with E-state index < -0.39 is 0 Å². The van der Waals surface area contributed by atoms with Crippen LogP contribution in [-0.4, -0.2) is 19.6 Å². The Kier molecular flexibility index (Phi) is 7.21. The smallest absolute Gasteiger partial charge is 0.244 e. The molecule has 0 aliphatic heterocycles. The van der Waals surface area contributed by atoms with Gasteiger partial charge in [-0.25, -0.2) is 4.39 Å². The lowest BCUT2D eigenvalue weighted by molar-refractivity contribution is -0.116. The van der Waals surface area contributed by atoms with Crippen LogP contribution >= 0.6 is 0 Å². The van der Waals surface area contributed by atoms with E-state index in [1.54, 1.807) is 25.3 Å². The Morgan fingerprint density at radius 3 is 2.69 bits per heavy atom. The molecule has 0 spiro atoms. The normalized spacial score (nSPS) is 11.0. The highest BCUT2D eigenvalue weighted by Gasteiger charge is 2.06. The average Bonchev–Trinajstić information content (AvgIpc) is 2.63. The highest BCUT2D eigenvalue weighted by molar-refractivity contribution is 5.91. The van der Waals surface area contributed by atoms with Crippen LogP contribution in [0.4, 0.5) is 4.39 Å². The molecule has 1 amide bonds. The van der Waals surface area contributed by atoms with Gasteiger partial charge in [-0.3, -0.25) is 4.79 Å². The number of halogens is 1. The van der Waals surface area contributed by atoms with Crippen molar-refractivity contribution < 1.29 is 18.7 Å². The van der Waals surface area contributed by atoms with Crippen LogP contribution in [-0.2, 0) is 11.3 Å². The van der Waals surface area contributed by atoms with Crippen LogP contribution in [0.1, 0.15) is 25.0 Å². The molecule has 2 aromatic carbocycles. The minimum Gasteiger partial charge on any atom is -0.493 e. The summed E-state index contributed by atoms with van der Waals surface area (Å²) in [6.45, 7) is 5.03. The first-order valence-electron chi connectivity index (χ1n) is 8.49. The minimum atomic E-state index is -0.320. The van der Waals surface area contributed by atoms with Crippen molar-refractivity contribution in [2.45, 2.75) is 20.4 Å². The van der Waals surface area contributed by atoms with E-state index in [-0.39, 0.29) is 18.3 Å². The monoisotopic (exact) mass is 357 g/mol. The molecular weight excluding hydrogens is 333 g/mol. The van der Waals surface area contributed by atoms with Crippen LogP contribution < -0.4 is 14.8 Å². The van der Waals surface area contributed by atoms with Gasteiger partial charge >= 0.3 is 0 Å². The summed E-state index contributed by atoms with van der Waals surface area (Å²) >= 11 is 0. The molecule has 0 atom stereocenters. The molecular formula is C21H24FNO3. The summed E-state index contributed by atoms with van der Waals surface area (Å²) < 4.78 is 24.2. The molecule has 0 heterocycles. The van der Waals surface area contributed by atoms with E-state index in [2.05, 4.69) is 19.2 Å². The fraction of sp³-hybridized carbons (Fsp3) is 0.286. The highest BCUT2D eigenvalue weighted by atomic mass is 19.1. The van der Waals surface area contributed by atoms with Gasteiger partial charge in [-0.15, -0.1) is 0 Å². The van der Waals surface area contributed by atoms with Crippen LogP contribution in [0.25, 0.3) is 6.08 Å². The largest absolute Gasteiger partial charge is 0.493 e. The molecule has 5 heteroatoms. The standard InChI is InChI=1S/C21H24FNO3/c1-15(2)14-26-19-9-7-16(12-20(19)25-3)8-10-21(24)23-13-17-5-4-6-18(22)11-17/h4-12,15H,13-14H2,1-3H3,(H,23,24)/b10-8+. The van der Waals surface area contributed by atoms with E-state index in [4.69, 9.17) is 9.47 Å². The maximum absolute atomic E-state index is 13.1. The van der Waals surface area contributed by atoms with E-state index in [1.807, 2.05) is 18.2 Å². The van der Waals surface area contributed by atoms with Gasteiger partial charge in [0.15, 0.2) is 11.5 Å². The lowest BCUT2D eigenvalue weighted by Gasteiger charge is -2.12. The van der Waals surface area contributed by atoms with E-state index in [0.717, 1.165) is 5.56 Å². The summed E-state index contributed by atoms with van der Waals surface area (Å²) in [6.07, 6.45) is 3.12. The van der Waals surface area contributed by atoms with Gasteiger partial charge in [-0.1, -0.05) is 32.0 Å². The Labute approximate surface area is 153 Å². The molecule has 0 saturated heterocycles. The van der Waals surface area contributed by atoms with Gasteiger partial charge in [0.05, 0.1) is 13.7 Å². The van der Waals surface area contributed by atoms with E-state index in [1.165, 1.54) is 18.2 Å². The minimum absolute atomic E-state index is 0.256. The molecule has 26 heavy (non-hydrogen) atoms. The molecule has 2 aromatic rings. The van der Waals surface area contributed by atoms with E-state index in [0.29, 0.717) is 29.6 Å². The van der Waals surface area contributed by atoms with Crippen molar-refractivity contribution in [1.82, 2.24) is 5.32 Å². The van der Waals surface area contributed by atoms with E-state index in [9.17, 15) is 9.18 Å². The van der Waals surface area contributed by atoms with Crippen LogP contribution in [0.5, 0.6) is 11.5 Å². The van der Waals surface area contributed by atoms with Crippen molar-refractivity contribution >= 4 is 12.0 Å². The lowest BCUT2D eigenvalue weighted by Crippen LogP contribution is -2.20. The summed E-state index contributed by atoms with van der Waals surface area (Å²) in [6, 6.07) is 11.6. The second-order valence-electron chi connectivity index (χ2n) is 6.30. The highest BCUT2D eigenvalue weighted by Crippen LogP contribution is 2.28. The maximum Gasteiger partial charge on any atom is 0.244 e. The number of hydrogen-bond acceptors (Lipinski definition) is 3. The number of nitrogens with one attached hydrogen (secondary N) is 1.